The molecule has 0 bridgehead atoms. The predicted molar refractivity (Wildman–Crippen MR) is 71.0 cm³/mol. The lowest BCUT2D eigenvalue weighted by Crippen LogP contribution is -2.35. The normalized spacial score (nSPS) is 24.9. The van der Waals surface area contributed by atoms with Crippen LogP contribution in [0.15, 0.2) is 22.7 Å². The van der Waals surface area contributed by atoms with Crippen molar-refractivity contribution in [3.8, 4) is 0 Å². The van der Waals surface area contributed by atoms with Gasteiger partial charge >= 0.3 is 0 Å². The topological polar surface area (TPSA) is 9.23 Å². The van der Waals surface area contributed by atoms with Gasteiger partial charge in [-0.05, 0) is 52.9 Å². The second kappa shape index (κ2) is 5.68. The lowest BCUT2D eigenvalue weighted by atomic mass is 9.79. The Morgan fingerprint density at radius 3 is 2.88 bits per heavy atom. The van der Waals surface area contributed by atoms with Gasteiger partial charge in [0.15, 0.2) is 0 Å². The van der Waals surface area contributed by atoms with Gasteiger partial charge in [0.1, 0.15) is 5.82 Å². The van der Waals surface area contributed by atoms with Crippen molar-refractivity contribution in [2.24, 2.45) is 5.41 Å². The van der Waals surface area contributed by atoms with Crippen molar-refractivity contribution in [1.29, 1.82) is 0 Å². The van der Waals surface area contributed by atoms with Gasteiger partial charge in [-0.2, -0.15) is 0 Å². The summed E-state index contributed by atoms with van der Waals surface area (Å²) < 4.78 is 19.2. The number of benzene rings is 1. The Hall–Kier alpha value is -0.120. The zero-order valence-electron chi connectivity index (χ0n) is 9.52. The number of halogens is 3. The van der Waals surface area contributed by atoms with E-state index >= 15 is 0 Å². The van der Waals surface area contributed by atoms with Gasteiger partial charge in [-0.15, -0.1) is 11.6 Å². The summed E-state index contributed by atoms with van der Waals surface area (Å²) in [6.07, 6.45) is 2.97. The lowest BCUT2D eigenvalue weighted by Gasteiger charge is -2.35. The van der Waals surface area contributed by atoms with Crippen molar-refractivity contribution < 1.29 is 9.13 Å². The highest BCUT2D eigenvalue weighted by Crippen LogP contribution is 2.34. The number of hydrogen-bond donors (Lipinski definition) is 0. The maximum absolute atomic E-state index is 13.2. The third kappa shape index (κ3) is 3.21. The second-order valence-corrected chi connectivity index (χ2v) is 5.84. The summed E-state index contributed by atoms with van der Waals surface area (Å²) in [5, 5.41) is 0. The fourth-order valence-electron chi connectivity index (χ4n) is 2.28. The molecule has 1 aromatic carbocycles. The monoisotopic (exact) mass is 320 g/mol. The van der Waals surface area contributed by atoms with Crippen LogP contribution in [0.5, 0.6) is 0 Å². The molecule has 0 saturated carbocycles. The van der Waals surface area contributed by atoms with Crippen LogP contribution in [0.3, 0.4) is 0 Å². The van der Waals surface area contributed by atoms with Crippen LogP contribution < -0.4 is 0 Å². The minimum Gasteiger partial charge on any atom is -0.381 e. The molecule has 1 aliphatic rings. The van der Waals surface area contributed by atoms with E-state index in [4.69, 9.17) is 16.3 Å². The van der Waals surface area contributed by atoms with Crippen molar-refractivity contribution in [2.45, 2.75) is 19.3 Å². The summed E-state index contributed by atoms with van der Waals surface area (Å²) in [7, 11) is 0. The maximum atomic E-state index is 13.2. The van der Waals surface area contributed by atoms with E-state index in [1.807, 2.05) is 12.1 Å². The van der Waals surface area contributed by atoms with Crippen molar-refractivity contribution in [3.05, 3.63) is 34.1 Å². The Morgan fingerprint density at radius 1 is 1.47 bits per heavy atom. The first-order valence-corrected chi connectivity index (χ1v) is 7.06. The van der Waals surface area contributed by atoms with E-state index in [-0.39, 0.29) is 11.2 Å². The molecule has 1 atom stereocenters. The van der Waals surface area contributed by atoms with Crippen LogP contribution in [0.4, 0.5) is 4.39 Å². The highest BCUT2D eigenvalue weighted by atomic mass is 79.9. The minimum absolute atomic E-state index is 0.0110. The summed E-state index contributed by atoms with van der Waals surface area (Å²) in [6, 6.07) is 5.15. The van der Waals surface area contributed by atoms with Crippen LogP contribution in [0.1, 0.15) is 18.4 Å². The van der Waals surface area contributed by atoms with Crippen LogP contribution in [0, 0.1) is 11.2 Å². The zero-order valence-corrected chi connectivity index (χ0v) is 11.9. The first-order chi connectivity index (χ1) is 8.15. The molecular weight excluding hydrogens is 306 g/mol. The highest BCUT2D eigenvalue weighted by molar-refractivity contribution is 9.10. The summed E-state index contributed by atoms with van der Waals surface area (Å²) in [5.41, 5.74) is 1.11. The van der Waals surface area contributed by atoms with Crippen LogP contribution in [-0.2, 0) is 11.2 Å². The Kier molecular flexibility index (Phi) is 4.45. The number of ether oxygens (including phenoxy) is 1. The molecule has 1 unspecified atom stereocenters. The predicted octanol–water partition coefficient (Wildman–Crippen LogP) is 4.17. The van der Waals surface area contributed by atoms with Crippen LogP contribution in [-0.4, -0.2) is 19.1 Å². The van der Waals surface area contributed by atoms with E-state index in [1.54, 1.807) is 0 Å². The van der Waals surface area contributed by atoms with Crippen LogP contribution in [0.25, 0.3) is 0 Å². The Balaban J connectivity index is 2.14. The summed E-state index contributed by atoms with van der Waals surface area (Å²) in [4.78, 5) is 0. The molecular formula is C13H15BrClFO. The molecule has 0 aromatic heterocycles. The summed E-state index contributed by atoms with van der Waals surface area (Å²) in [5.74, 6) is 0.357. The van der Waals surface area contributed by atoms with Crippen LogP contribution in [0.2, 0.25) is 0 Å². The van der Waals surface area contributed by atoms with Gasteiger partial charge in [0, 0.05) is 17.9 Å². The third-order valence-electron chi connectivity index (χ3n) is 3.25. The average Bonchev–Trinajstić information content (AvgIpc) is 2.35. The van der Waals surface area contributed by atoms with Gasteiger partial charge in [-0.1, -0.05) is 6.07 Å². The van der Waals surface area contributed by atoms with E-state index in [1.165, 1.54) is 6.07 Å². The fraction of sp³-hybridized carbons (Fsp3) is 0.538. The highest BCUT2D eigenvalue weighted by Gasteiger charge is 2.32. The molecule has 94 valence electrons. The molecule has 1 heterocycles. The van der Waals surface area contributed by atoms with Gasteiger partial charge in [-0.25, -0.2) is 4.39 Å². The second-order valence-electron chi connectivity index (χ2n) is 4.72. The van der Waals surface area contributed by atoms with E-state index in [2.05, 4.69) is 15.9 Å². The van der Waals surface area contributed by atoms with Gasteiger partial charge < -0.3 is 4.74 Å². The molecule has 1 nitrogen and oxygen atoms in total. The SMILES string of the molecule is Fc1ccc(CC2(CCl)CCCOC2)cc1Br. The minimum atomic E-state index is -0.228. The third-order valence-corrected chi connectivity index (χ3v) is 4.43. The molecule has 0 aliphatic carbocycles. The zero-order chi connectivity index (χ0) is 12.3. The Labute approximate surface area is 114 Å². The lowest BCUT2D eigenvalue weighted by molar-refractivity contribution is 0.00476. The number of alkyl halides is 1. The molecule has 4 heteroatoms. The summed E-state index contributed by atoms with van der Waals surface area (Å²) >= 11 is 9.30. The molecule has 0 amide bonds. The van der Waals surface area contributed by atoms with Crippen molar-refractivity contribution in [3.63, 3.8) is 0 Å². The van der Waals surface area contributed by atoms with Crippen molar-refractivity contribution in [1.82, 2.24) is 0 Å². The van der Waals surface area contributed by atoms with Gasteiger partial charge in [0.2, 0.25) is 0 Å². The van der Waals surface area contributed by atoms with E-state index in [9.17, 15) is 4.39 Å². The van der Waals surface area contributed by atoms with Crippen molar-refractivity contribution in [2.75, 3.05) is 19.1 Å². The smallest absolute Gasteiger partial charge is 0.137 e. The number of rotatable bonds is 3. The van der Waals surface area contributed by atoms with Crippen LogP contribution >= 0.6 is 27.5 Å². The molecule has 1 aliphatic heterocycles. The molecule has 1 saturated heterocycles. The Morgan fingerprint density at radius 2 is 2.29 bits per heavy atom. The van der Waals surface area contributed by atoms with E-state index in [0.717, 1.165) is 31.4 Å². The molecule has 17 heavy (non-hydrogen) atoms. The Bertz CT molecular complexity index is 391. The molecule has 0 spiro atoms. The number of hydrogen-bond acceptors (Lipinski definition) is 1. The standard InChI is InChI=1S/C13H15BrClFO/c14-11-6-10(2-3-12(11)16)7-13(8-15)4-1-5-17-9-13/h2-3,6H,1,4-5,7-9H2. The summed E-state index contributed by atoms with van der Waals surface area (Å²) in [6.45, 7) is 1.53. The molecule has 1 aromatic rings. The van der Waals surface area contributed by atoms with Gasteiger partial charge in [0.05, 0.1) is 11.1 Å². The van der Waals surface area contributed by atoms with E-state index < -0.39 is 0 Å². The maximum Gasteiger partial charge on any atom is 0.137 e. The largest absolute Gasteiger partial charge is 0.381 e. The average molecular weight is 322 g/mol. The van der Waals surface area contributed by atoms with E-state index in [0.29, 0.717) is 17.0 Å². The molecule has 1 fully saturated rings. The first kappa shape index (κ1) is 13.3. The van der Waals surface area contributed by atoms with Gasteiger partial charge in [0.25, 0.3) is 0 Å². The molecule has 2 rings (SSSR count). The quantitative estimate of drug-likeness (QED) is 0.759. The van der Waals surface area contributed by atoms with Gasteiger partial charge in [-0.3, -0.25) is 0 Å². The molecule has 0 radical (unpaired) electrons. The fourth-order valence-corrected chi connectivity index (χ4v) is 3.02. The first-order valence-electron chi connectivity index (χ1n) is 5.73. The molecule has 0 N–H and O–H groups in total. The van der Waals surface area contributed by atoms with Crippen molar-refractivity contribution >= 4 is 27.5 Å².